The summed E-state index contributed by atoms with van der Waals surface area (Å²) in [6.07, 6.45) is 4.17. The Bertz CT molecular complexity index is 1420. The van der Waals surface area contributed by atoms with E-state index in [2.05, 4.69) is 15.2 Å². The first-order chi connectivity index (χ1) is 18.0. The van der Waals surface area contributed by atoms with E-state index in [-0.39, 0.29) is 17.6 Å². The Morgan fingerprint density at radius 1 is 1.16 bits per heavy atom. The van der Waals surface area contributed by atoms with Crippen LogP contribution in [0.1, 0.15) is 47.5 Å². The molecule has 37 heavy (non-hydrogen) atoms. The number of carbonyl (C=O) groups is 1. The minimum absolute atomic E-state index is 0.106. The molecule has 2 aliphatic rings. The summed E-state index contributed by atoms with van der Waals surface area (Å²) in [6, 6.07) is 11.0. The number of hydrogen-bond acceptors (Lipinski definition) is 5. The smallest absolute Gasteiger partial charge is 0.251 e. The van der Waals surface area contributed by atoms with Crippen molar-refractivity contribution in [2.75, 3.05) is 39.4 Å². The summed E-state index contributed by atoms with van der Waals surface area (Å²) < 4.78 is 36.6. The molecule has 0 saturated carbocycles. The topological polar surface area (TPSA) is 58.9 Å². The van der Waals surface area contributed by atoms with E-state index in [0.29, 0.717) is 42.8 Å². The van der Waals surface area contributed by atoms with Gasteiger partial charge in [0.2, 0.25) is 0 Å². The number of rotatable bonds is 7. The lowest BCUT2D eigenvalue weighted by Gasteiger charge is -2.28. The van der Waals surface area contributed by atoms with Crippen molar-refractivity contribution in [3.8, 4) is 11.3 Å². The molecule has 2 aromatic heterocycles. The van der Waals surface area contributed by atoms with E-state index < -0.39 is 6.17 Å². The molecule has 6 nitrogen and oxygen atoms in total. The van der Waals surface area contributed by atoms with Crippen LogP contribution in [-0.2, 0) is 4.74 Å². The molecule has 2 fully saturated rings. The number of likely N-dealkylation sites (tertiary alicyclic amines) is 1. The molecule has 4 heterocycles. The zero-order valence-electron chi connectivity index (χ0n) is 20.6. The number of benzene rings is 2. The van der Waals surface area contributed by atoms with E-state index in [4.69, 9.17) is 4.74 Å². The summed E-state index contributed by atoms with van der Waals surface area (Å²) in [5.74, 6) is -0.124. The van der Waals surface area contributed by atoms with Gasteiger partial charge in [0.15, 0.2) is 4.96 Å². The predicted octanol–water partition coefficient (Wildman–Crippen LogP) is 5.41. The van der Waals surface area contributed by atoms with E-state index >= 15 is 0 Å². The van der Waals surface area contributed by atoms with Gasteiger partial charge < -0.3 is 15.0 Å². The standard InChI is InChI=1S/C28H30F2N4O2S/c29-21-6-11-33(12-7-21)10-1-9-31-27(35)19-3-5-25-26(15-19)37-28-32-24(16-34(25)28)22-4-2-18(14-23(22)30)20-8-13-36-17-20/h2-5,14-16,20-21H,1,6-13,17H2,(H,31,35)/t20-/m0/s1. The van der Waals surface area contributed by atoms with Gasteiger partial charge in [-0.05, 0) is 68.1 Å². The summed E-state index contributed by atoms with van der Waals surface area (Å²) >= 11 is 1.48. The van der Waals surface area contributed by atoms with Crippen molar-refractivity contribution in [3.05, 3.63) is 59.5 Å². The van der Waals surface area contributed by atoms with Crippen molar-refractivity contribution in [2.45, 2.75) is 37.8 Å². The van der Waals surface area contributed by atoms with E-state index in [1.807, 2.05) is 40.9 Å². The van der Waals surface area contributed by atoms with Gasteiger partial charge in [0.1, 0.15) is 12.0 Å². The molecule has 1 N–H and O–H groups in total. The second-order valence-corrected chi connectivity index (χ2v) is 11.0. The first kappa shape index (κ1) is 24.5. The fraction of sp³-hybridized carbons (Fsp3) is 0.429. The second-order valence-electron chi connectivity index (χ2n) is 9.99. The molecule has 2 aromatic carbocycles. The number of hydrogen-bond donors (Lipinski definition) is 1. The largest absolute Gasteiger partial charge is 0.381 e. The molecule has 6 rings (SSSR count). The number of ether oxygens (including phenoxy) is 1. The van der Waals surface area contributed by atoms with Crippen LogP contribution in [0.3, 0.4) is 0 Å². The molecular weight excluding hydrogens is 494 g/mol. The van der Waals surface area contributed by atoms with Gasteiger partial charge in [-0.2, -0.15) is 0 Å². The van der Waals surface area contributed by atoms with Gasteiger partial charge >= 0.3 is 0 Å². The van der Waals surface area contributed by atoms with Crippen molar-refractivity contribution in [1.82, 2.24) is 19.6 Å². The maximum Gasteiger partial charge on any atom is 0.251 e. The molecule has 2 saturated heterocycles. The van der Waals surface area contributed by atoms with Gasteiger partial charge in [0.25, 0.3) is 5.91 Å². The van der Waals surface area contributed by atoms with Crippen molar-refractivity contribution in [1.29, 1.82) is 0 Å². The number of halogens is 2. The monoisotopic (exact) mass is 524 g/mol. The molecule has 4 aromatic rings. The number of piperidine rings is 1. The van der Waals surface area contributed by atoms with Gasteiger partial charge in [-0.1, -0.05) is 17.4 Å². The number of aromatic nitrogens is 2. The Hall–Kier alpha value is -2.88. The highest BCUT2D eigenvalue weighted by Gasteiger charge is 2.21. The minimum atomic E-state index is -0.664. The van der Waals surface area contributed by atoms with E-state index in [0.717, 1.165) is 59.8 Å². The number of nitrogens with zero attached hydrogens (tertiary/aromatic N) is 3. The zero-order valence-corrected chi connectivity index (χ0v) is 21.4. The lowest BCUT2D eigenvalue weighted by atomic mass is 9.96. The van der Waals surface area contributed by atoms with Crippen LogP contribution in [0.2, 0.25) is 0 Å². The average Bonchev–Trinajstić information content (AvgIpc) is 3.64. The number of imidazole rings is 1. The van der Waals surface area contributed by atoms with Crippen LogP contribution >= 0.6 is 11.3 Å². The zero-order chi connectivity index (χ0) is 25.4. The lowest BCUT2D eigenvalue weighted by molar-refractivity contribution is 0.0950. The van der Waals surface area contributed by atoms with Crippen LogP contribution in [0.4, 0.5) is 8.78 Å². The highest BCUT2D eigenvalue weighted by Crippen LogP contribution is 2.33. The summed E-state index contributed by atoms with van der Waals surface area (Å²) in [5, 5.41) is 2.99. The van der Waals surface area contributed by atoms with Gasteiger partial charge in [0, 0.05) is 49.5 Å². The third-order valence-corrected chi connectivity index (χ3v) is 8.50. The molecule has 1 atom stereocenters. The Balaban J connectivity index is 1.12. The van der Waals surface area contributed by atoms with E-state index in [1.165, 1.54) is 11.3 Å². The van der Waals surface area contributed by atoms with Gasteiger partial charge in [0.05, 0.1) is 22.5 Å². The summed E-state index contributed by atoms with van der Waals surface area (Å²) in [7, 11) is 0. The molecule has 0 bridgehead atoms. The summed E-state index contributed by atoms with van der Waals surface area (Å²) in [4.78, 5) is 20.4. The fourth-order valence-electron chi connectivity index (χ4n) is 5.29. The van der Waals surface area contributed by atoms with Crippen LogP contribution in [0.15, 0.2) is 42.6 Å². The first-order valence-corrected chi connectivity index (χ1v) is 13.8. The quantitative estimate of drug-likeness (QED) is 0.329. The average molecular weight is 525 g/mol. The fourth-order valence-corrected chi connectivity index (χ4v) is 6.34. The molecule has 1 amide bonds. The highest BCUT2D eigenvalue weighted by molar-refractivity contribution is 7.23. The molecule has 0 unspecified atom stereocenters. The van der Waals surface area contributed by atoms with Crippen LogP contribution in [0, 0.1) is 5.82 Å². The lowest BCUT2D eigenvalue weighted by Crippen LogP contribution is -2.36. The third-order valence-electron chi connectivity index (χ3n) is 7.48. The first-order valence-electron chi connectivity index (χ1n) is 13.0. The second kappa shape index (κ2) is 10.5. The molecule has 9 heteroatoms. The Labute approximate surface area is 218 Å². The summed E-state index contributed by atoms with van der Waals surface area (Å²) in [5.41, 5.74) is 3.59. The van der Waals surface area contributed by atoms with E-state index in [9.17, 15) is 13.6 Å². The maximum atomic E-state index is 15.0. The van der Waals surface area contributed by atoms with Crippen molar-refractivity contribution >= 4 is 32.4 Å². The number of fused-ring (bicyclic) bond motifs is 3. The van der Waals surface area contributed by atoms with Gasteiger partial charge in [-0.25, -0.2) is 13.8 Å². The van der Waals surface area contributed by atoms with E-state index in [1.54, 1.807) is 6.07 Å². The van der Waals surface area contributed by atoms with Crippen LogP contribution in [0.25, 0.3) is 26.4 Å². The number of alkyl halides is 1. The normalized spacial score (nSPS) is 19.2. The molecule has 0 spiro atoms. The van der Waals surface area contributed by atoms with Gasteiger partial charge in [-0.15, -0.1) is 0 Å². The number of thiazole rings is 1. The molecule has 2 aliphatic heterocycles. The SMILES string of the molecule is O=C(NCCCN1CCC(F)CC1)c1ccc2c(c1)sc1nc(-c3ccc([C@H]4CCOC4)cc3F)cn12. The maximum absolute atomic E-state index is 15.0. The van der Waals surface area contributed by atoms with Crippen molar-refractivity contribution < 1.29 is 18.3 Å². The number of carbonyl (C=O) groups excluding carboxylic acids is 1. The predicted molar refractivity (Wildman–Crippen MR) is 142 cm³/mol. The molecule has 0 radical (unpaired) electrons. The molecule has 0 aliphatic carbocycles. The van der Waals surface area contributed by atoms with Gasteiger partial charge in [-0.3, -0.25) is 9.20 Å². The minimum Gasteiger partial charge on any atom is -0.381 e. The Kier molecular flexibility index (Phi) is 6.92. The Morgan fingerprint density at radius 2 is 2.03 bits per heavy atom. The van der Waals surface area contributed by atoms with Crippen LogP contribution in [0.5, 0.6) is 0 Å². The summed E-state index contributed by atoms with van der Waals surface area (Å²) in [6.45, 7) is 4.41. The van der Waals surface area contributed by atoms with Crippen molar-refractivity contribution in [3.63, 3.8) is 0 Å². The number of amides is 1. The third kappa shape index (κ3) is 5.12. The van der Waals surface area contributed by atoms with Crippen LogP contribution < -0.4 is 5.32 Å². The molecule has 194 valence electrons. The highest BCUT2D eigenvalue weighted by atomic mass is 32.1. The van der Waals surface area contributed by atoms with Crippen molar-refractivity contribution in [2.24, 2.45) is 0 Å². The molecular formula is C28H30F2N4O2S. The number of nitrogens with one attached hydrogen (secondary N) is 1. The van der Waals surface area contributed by atoms with Crippen LogP contribution in [-0.4, -0.2) is 65.8 Å². The Morgan fingerprint density at radius 3 is 2.81 bits per heavy atom.